The minimum absolute atomic E-state index is 0.259. The normalized spacial score (nSPS) is 9.94. The first-order valence-electron chi connectivity index (χ1n) is 4.45. The van der Waals surface area contributed by atoms with Crippen molar-refractivity contribution in [3.05, 3.63) is 17.8 Å². The Hall–Kier alpha value is -2.14. The maximum Gasteiger partial charge on any atom is 0.213 e. The highest BCUT2D eigenvalue weighted by Crippen LogP contribution is 2.25. The molecule has 0 fully saturated rings. The van der Waals surface area contributed by atoms with Crippen LogP contribution in [-0.2, 0) is 6.42 Å². The van der Waals surface area contributed by atoms with Crippen LogP contribution in [0.3, 0.4) is 0 Å². The molecule has 0 aliphatic heterocycles. The molecule has 3 N–H and O–H groups in total. The van der Waals surface area contributed by atoms with Gasteiger partial charge in [0.2, 0.25) is 6.39 Å². The van der Waals surface area contributed by atoms with Crippen LogP contribution in [0.5, 0.6) is 0 Å². The van der Waals surface area contributed by atoms with Crippen molar-refractivity contribution >= 4 is 22.4 Å². The number of nitrogens with two attached hydrogens (primary N) is 1. The number of aromatic nitrogens is 3. The molecule has 82 valence electrons. The summed E-state index contributed by atoms with van der Waals surface area (Å²) in [5.74, 6) is 0.873. The van der Waals surface area contributed by atoms with Gasteiger partial charge in [0, 0.05) is 13.0 Å². The topological polar surface area (TPSA) is 114 Å². The minimum atomic E-state index is 0.259. The maximum absolute atomic E-state index is 8.83. The fourth-order valence-corrected chi connectivity index (χ4v) is 1.81. The molecule has 2 heterocycles. The quantitative estimate of drug-likeness (QED) is 0.800. The lowest BCUT2D eigenvalue weighted by Gasteiger charge is -2.00. The van der Waals surface area contributed by atoms with Gasteiger partial charge >= 0.3 is 0 Å². The van der Waals surface area contributed by atoms with Gasteiger partial charge in [-0.05, 0) is 11.5 Å². The van der Waals surface area contributed by atoms with Crippen LogP contribution in [0.15, 0.2) is 10.9 Å². The Kier molecular flexibility index (Phi) is 2.98. The average molecular weight is 236 g/mol. The van der Waals surface area contributed by atoms with Gasteiger partial charge in [0.05, 0.1) is 0 Å². The Bertz CT molecular complexity index is 499. The van der Waals surface area contributed by atoms with Gasteiger partial charge in [-0.25, -0.2) is 0 Å². The molecule has 7 nitrogen and oxygen atoms in total. The van der Waals surface area contributed by atoms with Crippen LogP contribution >= 0.6 is 11.5 Å². The lowest BCUT2D eigenvalue weighted by molar-refractivity contribution is 0.410. The summed E-state index contributed by atoms with van der Waals surface area (Å²) in [7, 11) is 0. The van der Waals surface area contributed by atoms with Crippen LogP contribution < -0.4 is 11.1 Å². The zero-order chi connectivity index (χ0) is 11.4. The summed E-state index contributed by atoms with van der Waals surface area (Å²) in [6.45, 7) is 0.593. The summed E-state index contributed by atoms with van der Waals surface area (Å²) in [6, 6.07) is 2.00. The number of nitriles is 1. The molecule has 0 spiro atoms. The molecule has 16 heavy (non-hydrogen) atoms. The Balaban J connectivity index is 1.93. The molecule has 2 rings (SSSR count). The highest BCUT2D eigenvalue weighted by molar-refractivity contribution is 7.10. The van der Waals surface area contributed by atoms with Gasteiger partial charge in [-0.3, -0.25) is 0 Å². The summed E-state index contributed by atoms with van der Waals surface area (Å²) >= 11 is 1.17. The Morgan fingerprint density at radius 2 is 2.50 bits per heavy atom. The van der Waals surface area contributed by atoms with Gasteiger partial charge in [0.25, 0.3) is 0 Å². The molecular weight excluding hydrogens is 228 g/mol. The summed E-state index contributed by atoms with van der Waals surface area (Å²) in [4.78, 5) is 3.88. The third kappa shape index (κ3) is 2.09. The van der Waals surface area contributed by atoms with Gasteiger partial charge in [0.15, 0.2) is 11.6 Å². The Morgan fingerprint density at radius 3 is 3.19 bits per heavy atom. The largest absolute Gasteiger partial charge is 0.382 e. The van der Waals surface area contributed by atoms with Crippen LogP contribution in [0.25, 0.3) is 0 Å². The zero-order valence-corrected chi connectivity index (χ0v) is 8.99. The number of hydrogen-bond acceptors (Lipinski definition) is 8. The molecular formula is C8H8N6OS. The molecule has 2 aromatic heterocycles. The van der Waals surface area contributed by atoms with Gasteiger partial charge in [-0.1, -0.05) is 5.16 Å². The predicted octanol–water partition coefficient (Wildman–Crippen LogP) is 0.635. The van der Waals surface area contributed by atoms with E-state index in [4.69, 9.17) is 11.0 Å². The highest BCUT2D eigenvalue weighted by Gasteiger charge is 2.10. The average Bonchev–Trinajstić information content (AvgIpc) is 2.89. The number of nitrogens with one attached hydrogen (secondary N) is 1. The van der Waals surface area contributed by atoms with Crippen LogP contribution in [0.2, 0.25) is 0 Å². The number of nitrogens with zero attached hydrogens (tertiary/aromatic N) is 4. The van der Waals surface area contributed by atoms with Crippen LogP contribution in [0.4, 0.5) is 10.8 Å². The van der Waals surface area contributed by atoms with E-state index in [0.29, 0.717) is 29.4 Å². The first-order chi connectivity index (χ1) is 7.81. The number of anilines is 2. The molecule has 0 bridgehead atoms. The van der Waals surface area contributed by atoms with E-state index in [9.17, 15) is 0 Å². The second-order valence-electron chi connectivity index (χ2n) is 2.91. The highest BCUT2D eigenvalue weighted by atomic mass is 32.1. The van der Waals surface area contributed by atoms with Crippen molar-refractivity contribution in [2.45, 2.75) is 6.42 Å². The van der Waals surface area contributed by atoms with Crippen molar-refractivity contribution in [3.8, 4) is 6.07 Å². The van der Waals surface area contributed by atoms with Gasteiger partial charge in [-0.15, -0.1) is 0 Å². The Morgan fingerprint density at radius 1 is 1.62 bits per heavy atom. The van der Waals surface area contributed by atoms with Crippen LogP contribution in [-0.4, -0.2) is 21.1 Å². The van der Waals surface area contributed by atoms with E-state index in [0.717, 1.165) is 0 Å². The fraction of sp³-hybridized carbons (Fsp3) is 0.250. The van der Waals surface area contributed by atoms with Crippen molar-refractivity contribution in [2.24, 2.45) is 0 Å². The monoisotopic (exact) mass is 236 g/mol. The van der Waals surface area contributed by atoms with E-state index < -0.39 is 0 Å². The number of hydrogen-bond donors (Lipinski definition) is 2. The molecule has 0 aliphatic rings. The summed E-state index contributed by atoms with van der Waals surface area (Å²) in [5.41, 5.74) is 5.90. The fourth-order valence-electron chi connectivity index (χ4n) is 1.12. The standard InChI is InChI=1S/C8H8N6OS/c9-3-5-7(10)14-16-8(5)11-2-1-6-12-4-15-13-6/h4,11H,1-2H2,(H2,10,14). The van der Waals surface area contributed by atoms with E-state index in [1.165, 1.54) is 17.9 Å². The smallest absolute Gasteiger partial charge is 0.213 e. The Labute approximate surface area is 95.1 Å². The van der Waals surface area contributed by atoms with E-state index in [2.05, 4.69) is 24.4 Å². The summed E-state index contributed by atoms with van der Waals surface area (Å²) < 4.78 is 8.48. The molecule has 8 heteroatoms. The second kappa shape index (κ2) is 4.59. The predicted molar refractivity (Wildman–Crippen MR) is 57.7 cm³/mol. The molecule has 0 unspecified atom stereocenters. The summed E-state index contributed by atoms with van der Waals surface area (Å²) in [5, 5.41) is 16.2. The molecule has 0 atom stereocenters. The van der Waals surface area contributed by atoms with Crippen LogP contribution in [0, 0.1) is 11.3 Å². The van der Waals surface area contributed by atoms with Crippen molar-refractivity contribution in [3.63, 3.8) is 0 Å². The van der Waals surface area contributed by atoms with E-state index in [1.54, 1.807) is 0 Å². The first kappa shape index (κ1) is 10.4. The number of nitrogen functional groups attached to an aromatic ring is 1. The van der Waals surface area contributed by atoms with Crippen LogP contribution in [0.1, 0.15) is 11.4 Å². The molecule has 0 saturated heterocycles. The molecule has 2 aromatic rings. The SMILES string of the molecule is N#Cc1c(N)nsc1NCCc1ncon1. The van der Waals surface area contributed by atoms with Gasteiger partial charge in [-0.2, -0.15) is 14.6 Å². The van der Waals surface area contributed by atoms with E-state index >= 15 is 0 Å². The first-order valence-corrected chi connectivity index (χ1v) is 5.23. The lowest BCUT2D eigenvalue weighted by Crippen LogP contribution is -2.05. The van der Waals surface area contributed by atoms with Crippen molar-refractivity contribution in [1.82, 2.24) is 14.5 Å². The maximum atomic E-state index is 8.83. The second-order valence-corrected chi connectivity index (χ2v) is 3.68. The molecule has 0 aromatic carbocycles. The van der Waals surface area contributed by atoms with Gasteiger partial charge < -0.3 is 15.6 Å². The third-order valence-electron chi connectivity index (χ3n) is 1.87. The molecule has 0 aliphatic carbocycles. The lowest BCUT2D eigenvalue weighted by atomic mass is 10.3. The molecule has 0 radical (unpaired) electrons. The molecule has 0 amide bonds. The third-order valence-corrected chi connectivity index (χ3v) is 2.69. The summed E-state index contributed by atoms with van der Waals surface area (Å²) in [6.07, 6.45) is 1.89. The van der Waals surface area contributed by atoms with Crippen molar-refractivity contribution < 1.29 is 4.52 Å². The van der Waals surface area contributed by atoms with Gasteiger partial charge in [0.1, 0.15) is 16.6 Å². The zero-order valence-electron chi connectivity index (χ0n) is 8.17. The minimum Gasteiger partial charge on any atom is -0.382 e. The number of rotatable bonds is 4. The van der Waals surface area contributed by atoms with E-state index in [-0.39, 0.29) is 5.82 Å². The van der Waals surface area contributed by atoms with E-state index in [1.807, 2.05) is 6.07 Å². The molecule has 0 saturated carbocycles. The van der Waals surface area contributed by atoms with Crippen molar-refractivity contribution in [1.29, 1.82) is 5.26 Å². The van der Waals surface area contributed by atoms with Crippen molar-refractivity contribution in [2.75, 3.05) is 17.6 Å².